The summed E-state index contributed by atoms with van der Waals surface area (Å²) in [6.45, 7) is 8.64. The van der Waals surface area contributed by atoms with Crippen molar-refractivity contribution in [2.75, 3.05) is 71.4 Å². The Morgan fingerprint density at radius 1 is 1.14 bits per heavy atom. The molecular weight excluding hydrogens is 354 g/mol. The van der Waals surface area contributed by atoms with Gasteiger partial charge in [-0.25, -0.2) is 4.98 Å². The molecule has 1 N–H and O–H groups in total. The monoisotopic (exact) mass is 387 g/mol. The number of amides is 1. The maximum Gasteiger partial charge on any atom is 0.255 e. The Morgan fingerprint density at radius 3 is 2.57 bits per heavy atom. The van der Waals surface area contributed by atoms with E-state index in [1.807, 2.05) is 17.0 Å². The second kappa shape index (κ2) is 9.20. The van der Waals surface area contributed by atoms with Crippen molar-refractivity contribution < 1.29 is 9.53 Å². The van der Waals surface area contributed by atoms with Crippen molar-refractivity contribution in [1.29, 1.82) is 0 Å². The van der Waals surface area contributed by atoms with Crippen LogP contribution in [0.2, 0.25) is 0 Å². The minimum atomic E-state index is 0.108. The summed E-state index contributed by atoms with van der Waals surface area (Å²) < 4.78 is 5.45. The minimum absolute atomic E-state index is 0.108. The number of likely N-dealkylation sites (tertiary alicyclic amines) is 2. The highest BCUT2D eigenvalue weighted by Crippen LogP contribution is 2.20. The molecule has 0 saturated carbocycles. The first-order chi connectivity index (χ1) is 13.7. The molecule has 3 saturated heterocycles. The Hall–Kier alpha value is -1.70. The van der Waals surface area contributed by atoms with E-state index in [-0.39, 0.29) is 5.91 Å². The summed E-state index contributed by atoms with van der Waals surface area (Å²) in [5.74, 6) is 1.65. The van der Waals surface area contributed by atoms with Crippen LogP contribution >= 0.6 is 0 Å². The summed E-state index contributed by atoms with van der Waals surface area (Å²) in [5, 5.41) is 3.42. The molecule has 3 fully saturated rings. The number of piperidine rings is 1. The zero-order chi connectivity index (χ0) is 19.3. The minimum Gasteiger partial charge on any atom is -0.379 e. The quantitative estimate of drug-likeness (QED) is 0.824. The van der Waals surface area contributed by atoms with E-state index >= 15 is 0 Å². The van der Waals surface area contributed by atoms with E-state index in [0.29, 0.717) is 17.5 Å². The van der Waals surface area contributed by atoms with Crippen molar-refractivity contribution in [3.05, 3.63) is 23.9 Å². The molecule has 154 valence electrons. The number of carbonyl (C=O) groups is 1. The van der Waals surface area contributed by atoms with E-state index < -0.39 is 0 Å². The number of nitrogens with zero attached hydrogens (tertiary/aromatic N) is 4. The smallest absolute Gasteiger partial charge is 0.255 e. The van der Waals surface area contributed by atoms with Gasteiger partial charge in [-0.15, -0.1) is 0 Å². The van der Waals surface area contributed by atoms with Crippen molar-refractivity contribution in [3.63, 3.8) is 0 Å². The average molecular weight is 388 g/mol. The molecule has 0 unspecified atom stereocenters. The van der Waals surface area contributed by atoms with E-state index in [1.54, 1.807) is 6.20 Å². The second-order valence-electron chi connectivity index (χ2n) is 8.40. The molecule has 3 aliphatic rings. The van der Waals surface area contributed by atoms with Crippen LogP contribution in [0.4, 0.5) is 5.82 Å². The van der Waals surface area contributed by atoms with Crippen LogP contribution in [-0.2, 0) is 4.74 Å². The maximum absolute atomic E-state index is 12.8. The van der Waals surface area contributed by atoms with Crippen LogP contribution in [0.15, 0.2) is 18.3 Å². The zero-order valence-electron chi connectivity index (χ0n) is 17.0. The number of morpholine rings is 1. The number of anilines is 1. The molecule has 0 bridgehead atoms. The lowest BCUT2D eigenvalue weighted by atomic mass is 10.0. The molecule has 3 aliphatic heterocycles. The lowest BCUT2D eigenvalue weighted by Crippen LogP contribution is -2.50. The predicted octanol–water partition coefficient (Wildman–Crippen LogP) is 1.38. The van der Waals surface area contributed by atoms with E-state index in [4.69, 9.17) is 4.74 Å². The van der Waals surface area contributed by atoms with Gasteiger partial charge in [0.15, 0.2) is 0 Å². The number of nitrogens with one attached hydrogen (secondary N) is 1. The van der Waals surface area contributed by atoms with E-state index in [2.05, 4.69) is 27.1 Å². The van der Waals surface area contributed by atoms with Crippen molar-refractivity contribution in [2.45, 2.75) is 25.3 Å². The van der Waals surface area contributed by atoms with Crippen LogP contribution in [0.1, 0.15) is 29.6 Å². The molecule has 1 amide bonds. The lowest BCUT2D eigenvalue weighted by Gasteiger charge is -2.40. The third-order valence-electron chi connectivity index (χ3n) is 6.38. The highest BCUT2D eigenvalue weighted by atomic mass is 16.5. The van der Waals surface area contributed by atoms with Gasteiger partial charge >= 0.3 is 0 Å². The third kappa shape index (κ3) is 4.82. The van der Waals surface area contributed by atoms with E-state index in [0.717, 1.165) is 71.1 Å². The molecule has 7 heteroatoms. The first-order valence-corrected chi connectivity index (χ1v) is 10.7. The Balaban J connectivity index is 1.24. The maximum atomic E-state index is 12.8. The molecule has 28 heavy (non-hydrogen) atoms. The van der Waals surface area contributed by atoms with Crippen LogP contribution in [0, 0.1) is 5.92 Å². The van der Waals surface area contributed by atoms with Crippen LogP contribution in [0.5, 0.6) is 0 Å². The van der Waals surface area contributed by atoms with Gasteiger partial charge < -0.3 is 19.9 Å². The number of ether oxygens (including phenoxy) is 1. The topological polar surface area (TPSA) is 60.9 Å². The Kier molecular flexibility index (Phi) is 6.44. The fourth-order valence-corrected chi connectivity index (χ4v) is 4.63. The summed E-state index contributed by atoms with van der Waals surface area (Å²) in [6, 6.07) is 4.44. The summed E-state index contributed by atoms with van der Waals surface area (Å²) >= 11 is 0. The molecule has 7 nitrogen and oxygen atoms in total. The summed E-state index contributed by atoms with van der Waals surface area (Å²) in [7, 11) is 2.17. The first kappa shape index (κ1) is 19.6. The van der Waals surface area contributed by atoms with Gasteiger partial charge in [0.05, 0.1) is 18.8 Å². The molecule has 0 aliphatic carbocycles. The molecule has 4 heterocycles. The predicted molar refractivity (Wildman–Crippen MR) is 110 cm³/mol. The zero-order valence-corrected chi connectivity index (χ0v) is 17.0. The normalized spacial score (nSPS) is 25.2. The fraction of sp³-hybridized carbons (Fsp3) is 0.714. The standard InChI is InChI=1S/C21H33N5O2/c1-24-7-4-17(16-24)14-22-20-3-2-18(15-23-20)21(27)26-8-5-19(6-9-26)25-10-12-28-13-11-25/h2-3,15,17,19H,4-14,16H2,1H3,(H,22,23)/t17-/m0/s1. The number of pyridine rings is 1. The van der Waals surface area contributed by atoms with Gasteiger partial charge in [0.2, 0.25) is 0 Å². The average Bonchev–Trinajstić information content (AvgIpc) is 3.18. The molecule has 1 atom stereocenters. The van der Waals surface area contributed by atoms with Gasteiger partial charge in [0.25, 0.3) is 5.91 Å². The summed E-state index contributed by atoms with van der Waals surface area (Å²) in [5.41, 5.74) is 0.691. The van der Waals surface area contributed by atoms with Crippen molar-refractivity contribution >= 4 is 11.7 Å². The van der Waals surface area contributed by atoms with Crippen LogP contribution in [0.3, 0.4) is 0 Å². The summed E-state index contributed by atoms with van der Waals surface area (Å²) in [4.78, 5) is 24.2. The second-order valence-corrected chi connectivity index (χ2v) is 8.40. The lowest BCUT2D eigenvalue weighted by molar-refractivity contribution is 0.00158. The van der Waals surface area contributed by atoms with E-state index in [9.17, 15) is 4.79 Å². The van der Waals surface area contributed by atoms with Crippen molar-refractivity contribution in [3.8, 4) is 0 Å². The Morgan fingerprint density at radius 2 is 1.93 bits per heavy atom. The Labute approximate surface area is 168 Å². The molecule has 0 spiro atoms. The largest absolute Gasteiger partial charge is 0.379 e. The summed E-state index contributed by atoms with van der Waals surface area (Å²) in [6.07, 6.45) is 5.06. The molecule has 1 aromatic rings. The van der Waals surface area contributed by atoms with Gasteiger partial charge in [-0.05, 0) is 50.9 Å². The number of rotatable bonds is 5. The van der Waals surface area contributed by atoms with Crippen molar-refractivity contribution in [2.24, 2.45) is 5.92 Å². The molecule has 0 radical (unpaired) electrons. The Bertz CT molecular complexity index is 639. The molecule has 4 rings (SSSR count). The van der Waals surface area contributed by atoms with Gasteiger partial charge in [-0.3, -0.25) is 9.69 Å². The van der Waals surface area contributed by atoms with Gasteiger partial charge in [0, 0.05) is 51.5 Å². The fourth-order valence-electron chi connectivity index (χ4n) is 4.63. The highest BCUT2D eigenvalue weighted by Gasteiger charge is 2.28. The molecule has 0 aromatic carbocycles. The van der Waals surface area contributed by atoms with Crippen LogP contribution < -0.4 is 5.32 Å². The number of hydrogen-bond donors (Lipinski definition) is 1. The van der Waals surface area contributed by atoms with Crippen LogP contribution in [-0.4, -0.2) is 97.7 Å². The first-order valence-electron chi connectivity index (χ1n) is 10.7. The number of carbonyl (C=O) groups excluding carboxylic acids is 1. The SMILES string of the molecule is CN1CC[C@@H](CNc2ccc(C(=O)N3CCC(N4CCOCC4)CC3)cn2)C1. The van der Waals surface area contributed by atoms with Crippen molar-refractivity contribution in [1.82, 2.24) is 19.7 Å². The van der Waals surface area contributed by atoms with Gasteiger partial charge in [-0.2, -0.15) is 0 Å². The van der Waals surface area contributed by atoms with Gasteiger partial charge in [0.1, 0.15) is 5.82 Å². The highest BCUT2D eigenvalue weighted by molar-refractivity contribution is 5.94. The molecular formula is C21H33N5O2. The third-order valence-corrected chi connectivity index (χ3v) is 6.38. The van der Waals surface area contributed by atoms with Crippen LogP contribution in [0.25, 0.3) is 0 Å². The molecule has 1 aromatic heterocycles. The van der Waals surface area contributed by atoms with E-state index in [1.165, 1.54) is 13.0 Å². The van der Waals surface area contributed by atoms with Gasteiger partial charge in [-0.1, -0.05) is 0 Å². The number of aromatic nitrogens is 1. The number of hydrogen-bond acceptors (Lipinski definition) is 6.